The summed E-state index contributed by atoms with van der Waals surface area (Å²) in [5.74, 6) is 1.09. The van der Waals surface area contributed by atoms with E-state index >= 15 is 0 Å². The molecule has 27 heteroatoms. The van der Waals surface area contributed by atoms with Gasteiger partial charge in [-0.2, -0.15) is 0 Å². The molecule has 14 aromatic rings. The molecule has 4 saturated heterocycles. The largest absolute Gasteiger partial charge is 0.356 e. The lowest BCUT2D eigenvalue weighted by atomic mass is 9.95. The normalized spacial score (nSPS) is 14.3. The molecule has 7 amide bonds. The van der Waals surface area contributed by atoms with Crippen molar-refractivity contribution in [2.75, 3.05) is 78.5 Å². The van der Waals surface area contributed by atoms with Gasteiger partial charge in [-0.1, -0.05) is 174 Å². The van der Waals surface area contributed by atoms with E-state index in [1.807, 2.05) is 235 Å². The molecule has 0 aliphatic carbocycles. The van der Waals surface area contributed by atoms with Gasteiger partial charge in [0.25, 0.3) is 23.6 Å². The predicted octanol–water partition coefficient (Wildman–Crippen LogP) is 17.7. The molecule has 4 N–H and O–H groups in total. The molecule has 0 atom stereocenters. The number of imidazole rings is 2. The van der Waals surface area contributed by atoms with Gasteiger partial charge < -0.3 is 59.1 Å². The van der Waals surface area contributed by atoms with Crippen LogP contribution < -0.4 is 21.3 Å². The molecular weight excluding hydrogens is 1760 g/mol. The molecular formula is C108H114Cl3FN16O7. The van der Waals surface area contributed by atoms with Crippen molar-refractivity contribution in [3.8, 4) is 0 Å². The fraction of sp³-hybridized carbons (Fsp3) is 0.306. The number of aryl methyl sites for hydroxylation is 1. The number of carbonyl (C=O) groups is 7. The van der Waals surface area contributed by atoms with Crippen molar-refractivity contribution in [2.45, 2.75) is 110 Å². The van der Waals surface area contributed by atoms with Gasteiger partial charge >= 0.3 is 0 Å². The lowest BCUT2D eigenvalue weighted by Crippen LogP contribution is -2.44. The number of amides is 7. The summed E-state index contributed by atoms with van der Waals surface area (Å²) >= 11 is 18.0. The highest BCUT2D eigenvalue weighted by Gasteiger charge is 2.34. The van der Waals surface area contributed by atoms with Gasteiger partial charge in [0, 0.05) is 185 Å². The van der Waals surface area contributed by atoms with Gasteiger partial charge in [0.2, 0.25) is 23.5 Å². The minimum atomic E-state index is -0.250. The first-order chi connectivity index (χ1) is 65.8. The lowest BCUT2D eigenvalue weighted by Gasteiger charge is -2.32. The number of carbonyl (C=O) groups excluding carboxylic acids is 7. The third-order valence-corrected chi connectivity index (χ3v) is 26.4. The van der Waals surface area contributed by atoms with E-state index in [9.17, 15) is 38.0 Å². The first-order valence-electron chi connectivity index (χ1n) is 46.6. The van der Waals surface area contributed by atoms with E-state index in [1.165, 1.54) is 23.3 Å². The Labute approximate surface area is 802 Å². The van der Waals surface area contributed by atoms with Gasteiger partial charge in [-0.15, -0.1) is 0 Å². The zero-order chi connectivity index (χ0) is 93.8. The first kappa shape index (κ1) is 96.2. The fourth-order valence-corrected chi connectivity index (χ4v) is 18.1. The number of piperidine rings is 4. The van der Waals surface area contributed by atoms with Crippen LogP contribution in [0, 0.1) is 36.4 Å². The molecule has 0 spiro atoms. The van der Waals surface area contributed by atoms with Crippen LogP contribution in [-0.2, 0) is 66.4 Å². The van der Waals surface area contributed by atoms with E-state index in [0.29, 0.717) is 168 Å². The first-order valence-corrected chi connectivity index (χ1v) is 47.7. The molecule has 10 heterocycles. The van der Waals surface area contributed by atoms with Gasteiger partial charge in [0.05, 0.1) is 11.0 Å². The third kappa shape index (κ3) is 27.0. The second kappa shape index (κ2) is 48.0. The summed E-state index contributed by atoms with van der Waals surface area (Å²) in [5.41, 5.74) is 14.3. The quantitative estimate of drug-likeness (QED) is 0.0334. The van der Waals surface area contributed by atoms with Gasteiger partial charge in [0.15, 0.2) is 5.82 Å². The van der Waals surface area contributed by atoms with Crippen LogP contribution in [0.5, 0.6) is 0 Å². The minimum Gasteiger partial charge on any atom is -0.356 e. The number of hydrogen-bond acceptors (Lipinski definition) is 12. The lowest BCUT2D eigenvalue weighted by molar-refractivity contribution is -0.127. The van der Waals surface area contributed by atoms with Gasteiger partial charge in [-0.05, 0) is 250 Å². The van der Waals surface area contributed by atoms with Crippen molar-refractivity contribution >= 4 is 98.1 Å². The molecule has 0 saturated carbocycles. The zero-order valence-electron chi connectivity index (χ0n) is 76.0. The monoisotopic (exact) mass is 1870 g/mol. The standard InChI is InChI=1S/C31H34FN3O.C28H28ClN5O2.C25H27ClN4O2.C24H25ClN4O2/c1-23-6-8-24(9-7-23)14-17-33-21-25-15-18-34(19-16-25)31(36)30-20-27-4-2-3-5-29(27)35(30)22-26-10-12-28(32)13-11-26;29-23-7-5-21(6-8-23)19-34-25-4-2-1-3-24(25)32-26(34)28(36)33-17-12-22(13-18-33)27(35)31-16-11-20-9-14-30-15-10-20;26-22-5-3-20(4-6-22)18-30-15-1-2-23(30)25(32)29-16-10-21(11-17-29)24(31)28-14-9-19-7-12-27-13-8-19;25-21-8-6-19(7-9-21)17-29-15-12-26-22(29)24(31)28-13-10-20(11-14-28)23(30)27-16-18-4-2-1-3-5-18/h2-13,20,25,33H,14-19,21-22H2,1H3;1-10,14-15,22H,11-13,16-19H2,(H,31,35);1-8,12-13,15,21H,9-11,14,16-18H2,(H,28,31);1-9,12,15,20H,10-11,13-14,16-17H2,(H,27,30). The second-order valence-corrected chi connectivity index (χ2v) is 36.3. The number of nitrogens with one attached hydrogen (secondary N) is 4. The van der Waals surface area contributed by atoms with E-state index < -0.39 is 0 Å². The van der Waals surface area contributed by atoms with Crippen LogP contribution in [-0.4, -0.2) is 178 Å². The van der Waals surface area contributed by atoms with Crippen molar-refractivity contribution in [3.05, 3.63) is 380 Å². The van der Waals surface area contributed by atoms with Gasteiger partial charge in [-0.3, -0.25) is 43.5 Å². The number of likely N-dealkylation sites (tertiary alicyclic amines) is 4. The Bertz CT molecular complexity index is 6230. The maximum atomic E-state index is 13.6. The average Bonchev–Trinajstić information content (AvgIpc) is 1.63. The number of halogens is 4. The highest BCUT2D eigenvalue weighted by molar-refractivity contribution is 6.31. The predicted molar refractivity (Wildman–Crippen MR) is 528 cm³/mol. The number of benzene rings is 8. The summed E-state index contributed by atoms with van der Waals surface area (Å²) in [5, 5.41) is 15.8. The van der Waals surface area contributed by atoms with E-state index in [2.05, 4.69) is 77.0 Å². The zero-order valence-corrected chi connectivity index (χ0v) is 78.2. The number of aromatic nitrogens is 8. The average molecular weight is 1870 g/mol. The van der Waals surface area contributed by atoms with Crippen LogP contribution in [0.4, 0.5) is 4.39 Å². The van der Waals surface area contributed by atoms with Crippen LogP contribution in [0.2, 0.25) is 15.1 Å². The van der Waals surface area contributed by atoms with Crippen LogP contribution >= 0.6 is 34.8 Å². The number of nitrogens with zero attached hydrogens (tertiary/aromatic N) is 12. The van der Waals surface area contributed by atoms with Crippen molar-refractivity contribution in [1.82, 2.24) is 79.1 Å². The van der Waals surface area contributed by atoms with E-state index in [1.54, 1.807) is 48.0 Å². The summed E-state index contributed by atoms with van der Waals surface area (Å²) < 4.78 is 21.3. The third-order valence-electron chi connectivity index (χ3n) is 25.6. The Morgan fingerprint density at radius 2 is 0.800 bits per heavy atom. The number of hydrogen-bond donors (Lipinski definition) is 4. The van der Waals surface area contributed by atoms with E-state index in [0.717, 1.165) is 119 Å². The van der Waals surface area contributed by atoms with Crippen molar-refractivity contribution in [2.24, 2.45) is 23.7 Å². The Morgan fingerprint density at radius 1 is 0.370 bits per heavy atom. The highest BCUT2D eigenvalue weighted by Crippen LogP contribution is 2.30. The van der Waals surface area contributed by atoms with Crippen LogP contribution in [0.1, 0.15) is 144 Å². The maximum Gasteiger partial charge on any atom is 0.289 e. The SMILES string of the molecule is Cc1ccc(CCNCC2CCN(C(=O)c3cc4ccccc4n3Cc3ccc(F)cc3)CC2)cc1.O=C(NCCc1ccncc1)C1CCN(C(=O)c2cccn2Cc2ccc(Cl)cc2)CC1.O=C(NCCc1ccncc1)C1CCN(C(=O)c2nc3ccccc3n2Cc2ccc(Cl)cc2)CC1.O=C(NCc1ccccc1)C1CCN(C(=O)c2nccn2Cc2ccc(Cl)cc2)CC1. The number of pyridine rings is 2. The van der Waals surface area contributed by atoms with E-state index in [-0.39, 0.29) is 64.9 Å². The number of para-hydroxylation sites is 3. The number of rotatable bonds is 28. The smallest absolute Gasteiger partial charge is 0.289 e. The molecule has 8 aromatic carbocycles. The Kier molecular flexibility index (Phi) is 34.2. The van der Waals surface area contributed by atoms with Crippen LogP contribution in [0.25, 0.3) is 21.9 Å². The molecule has 18 rings (SSSR count). The molecule has 4 aliphatic rings. The van der Waals surface area contributed by atoms with Gasteiger partial charge in [-0.25, -0.2) is 14.4 Å². The van der Waals surface area contributed by atoms with Crippen LogP contribution in [0.3, 0.4) is 0 Å². The highest BCUT2D eigenvalue weighted by atomic mass is 35.5. The molecule has 696 valence electrons. The molecule has 135 heavy (non-hydrogen) atoms. The van der Waals surface area contributed by atoms with Crippen LogP contribution in [0.15, 0.2) is 286 Å². The second-order valence-electron chi connectivity index (χ2n) is 35.0. The molecule has 4 aliphatic heterocycles. The summed E-state index contributed by atoms with van der Waals surface area (Å²) in [6, 6.07) is 77.4. The van der Waals surface area contributed by atoms with E-state index in [4.69, 9.17) is 34.8 Å². The Morgan fingerprint density at radius 3 is 1.35 bits per heavy atom. The fourth-order valence-electron chi connectivity index (χ4n) is 17.7. The summed E-state index contributed by atoms with van der Waals surface area (Å²) in [6.07, 6.45) is 21.0. The molecule has 0 bridgehead atoms. The summed E-state index contributed by atoms with van der Waals surface area (Å²) in [4.78, 5) is 116. The number of fused-ring (bicyclic) bond motifs is 2. The minimum absolute atomic E-state index is 0.0144. The van der Waals surface area contributed by atoms with Crippen molar-refractivity contribution in [1.29, 1.82) is 0 Å². The summed E-state index contributed by atoms with van der Waals surface area (Å²) in [7, 11) is 0. The molecule has 0 radical (unpaired) electrons. The Hall–Kier alpha value is -13.4. The molecule has 6 aromatic heterocycles. The topological polar surface area (TPSA) is 252 Å². The van der Waals surface area contributed by atoms with Gasteiger partial charge in [0.1, 0.15) is 17.2 Å². The van der Waals surface area contributed by atoms with Crippen molar-refractivity contribution < 1.29 is 38.0 Å². The molecule has 23 nitrogen and oxygen atoms in total. The Balaban J connectivity index is 0.000000137. The molecule has 4 fully saturated rings. The van der Waals surface area contributed by atoms with Crippen molar-refractivity contribution in [3.63, 3.8) is 0 Å². The molecule has 0 unspecified atom stereocenters. The summed E-state index contributed by atoms with van der Waals surface area (Å²) in [6.45, 7) is 13.0. The maximum absolute atomic E-state index is 13.6.